The van der Waals surface area contributed by atoms with Crippen LogP contribution in [0.25, 0.3) is 0 Å². The highest BCUT2D eigenvalue weighted by Crippen LogP contribution is 2.20. The number of aryl methyl sites for hydroxylation is 1. The van der Waals surface area contributed by atoms with Crippen LogP contribution in [-0.2, 0) is 11.3 Å². The zero-order valence-electron chi connectivity index (χ0n) is 18.2. The molecule has 1 N–H and O–H groups in total. The molecule has 0 aliphatic heterocycles. The summed E-state index contributed by atoms with van der Waals surface area (Å²) in [6.07, 6.45) is 1.68. The predicted molar refractivity (Wildman–Crippen MR) is 124 cm³/mol. The van der Waals surface area contributed by atoms with Crippen molar-refractivity contribution < 1.29 is 19.0 Å². The van der Waals surface area contributed by atoms with Crippen molar-refractivity contribution in [2.75, 3.05) is 25.6 Å². The average molecular weight is 457 g/mol. The Bertz CT molecular complexity index is 1140. The molecule has 1 heterocycles. The molecule has 32 heavy (non-hydrogen) atoms. The van der Waals surface area contributed by atoms with E-state index in [1.54, 1.807) is 38.4 Å². The summed E-state index contributed by atoms with van der Waals surface area (Å²) in [7, 11) is 1.61. The van der Waals surface area contributed by atoms with Gasteiger partial charge in [-0.1, -0.05) is 11.6 Å². The molecule has 8 heteroatoms. The van der Waals surface area contributed by atoms with E-state index in [1.807, 2.05) is 35.8 Å². The van der Waals surface area contributed by atoms with Crippen LogP contribution in [0.5, 0.6) is 17.2 Å². The first-order chi connectivity index (χ1) is 15.4. The van der Waals surface area contributed by atoms with Crippen molar-refractivity contribution in [2.24, 2.45) is 0 Å². The average Bonchev–Trinajstić information content (AvgIpc) is 2.77. The number of hydrogen-bond donors (Lipinski definition) is 1. The van der Waals surface area contributed by atoms with Crippen molar-refractivity contribution >= 4 is 23.2 Å². The summed E-state index contributed by atoms with van der Waals surface area (Å²) in [5.41, 5.74) is 1.80. The number of ether oxygens (including phenoxy) is 3. The molecule has 168 valence electrons. The number of halogens is 1. The summed E-state index contributed by atoms with van der Waals surface area (Å²) in [4.78, 5) is 24.6. The summed E-state index contributed by atoms with van der Waals surface area (Å²) in [6, 6.07) is 13.9. The van der Waals surface area contributed by atoms with Crippen molar-refractivity contribution in [3.8, 4) is 17.2 Å². The van der Waals surface area contributed by atoms with Gasteiger partial charge in [-0.3, -0.25) is 9.59 Å². The Morgan fingerprint density at radius 3 is 2.44 bits per heavy atom. The lowest BCUT2D eigenvalue weighted by Crippen LogP contribution is -2.24. The van der Waals surface area contributed by atoms with Crippen molar-refractivity contribution in [3.05, 3.63) is 81.2 Å². The van der Waals surface area contributed by atoms with E-state index in [0.717, 1.165) is 17.1 Å². The molecule has 0 radical (unpaired) electrons. The Kier molecular flexibility index (Phi) is 7.78. The van der Waals surface area contributed by atoms with Gasteiger partial charge in [-0.2, -0.15) is 0 Å². The Balaban J connectivity index is 1.58. The number of nitrogens with zero attached hydrogens (tertiary/aromatic N) is 1. The van der Waals surface area contributed by atoms with E-state index in [2.05, 4.69) is 5.32 Å². The van der Waals surface area contributed by atoms with Crippen LogP contribution in [0.15, 0.2) is 59.5 Å². The topological polar surface area (TPSA) is 78.8 Å². The second-order valence-electron chi connectivity index (χ2n) is 7.11. The van der Waals surface area contributed by atoms with Crippen LogP contribution in [0.1, 0.15) is 11.3 Å². The van der Waals surface area contributed by atoms with Gasteiger partial charge in [0.1, 0.15) is 18.1 Å². The molecule has 0 fully saturated rings. The zero-order chi connectivity index (χ0) is 23.1. The van der Waals surface area contributed by atoms with Crippen LogP contribution < -0.4 is 25.0 Å². The molecule has 0 saturated carbocycles. The smallest absolute Gasteiger partial charge is 0.262 e. The summed E-state index contributed by atoms with van der Waals surface area (Å²) in [6.45, 7) is 4.22. The van der Waals surface area contributed by atoms with E-state index < -0.39 is 0 Å². The Labute approximate surface area is 191 Å². The molecular weight excluding hydrogens is 432 g/mol. The van der Waals surface area contributed by atoms with Crippen LogP contribution in [0, 0.1) is 13.8 Å². The van der Waals surface area contributed by atoms with Crippen LogP contribution in [0.2, 0.25) is 5.02 Å². The first kappa shape index (κ1) is 23.2. The van der Waals surface area contributed by atoms with E-state index in [4.69, 9.17) is 25.8 Å². The molecule has 1 amide bonds. The Morgan fingerprint density at radius 1 is 1.03 bits per heavy atom. The molecular formula is C24H25ClN2O5. The second kappa shape index (κ2) is 10.7. The first-order valence-electron chi connectivity index (χ1n) is 10.0. The second-order valence-corrected chi connectivity index (χ2v) is 7.54. The number of rotatable bonds is 9. The standard InChI is InChI=1S/C24H25ClN2O5/c1-16-14-18(25)4-9-21(16)26-23(29)15-32-24-17(2)27(11-10-22(24)28)12-13-31-20-7-5-19(30-3)6-8-20/h4-11,14H,12-13,15H2,1-3H3,(H,26,29). The van der Waals surface area contributed by atoms with Gasteiger partial charge in [-0.25, -0.2) is 0 Å². The van der Waals surface area contributed by atoms with Crippen molar-refractivity contribution in [1.82, 2.24) is 4.57 Å². The highest BCUT2D eigenvalue weighted by Gasteiger charge is 2.12. The van der Waals surface area contributed by atoms with Gasteiger partial charge in [0.25, 0.3) is 5.91 Å². The van der Waals surface area contributed by atoms with E-state index in [-0.39, 0.29) is 23.7 Å². The quantitative estimate of drug-likeness (QED) is 0.521. The lowest BCUT2D eigenvalue weighted by Gasteiger charge is -2.15. The third-order valence-corrected chi connectivity index (χ3v) is 5.09. The van der Waals surface area contributed by atoms with Gasteiger partial charge >= 0.3 is 0 Å². The number of methoxy groups -OCH3 is 1. The fraction of sp³-hybridized carbons (Fsp3) is 0.250. The fourth-order valence-electron chi connectivity index (χ4n) is 3.10. The molecule has 2 aromatic carbocycles. The maximum absolute atomic E-state index is 12.3. The van der Waals surface area contributed by atoms with Gasteiger partial charge in [0.15, 0.2) is 12.4 Å². The molecule has 3 rings (SSSR count). The number of aromatic nitrogens is 1. The number of benzene rings is 2. The van der Waals surface area contributed by atoms with Crippen LogP contribution in [0.3, 0.4) is 0 Å². The summed E-state index contributed by atoms with van der Waals surface area (Å²) < 4.78 is 18.3. The van der Waals surface area contributed by atoms with Gasteiger partial charge in [0, 0.05) is 23.0 Å². The lowest BCUT2D eigenvalue weighted by molar-refractivity contribution is -0.118. The number of pyridine rings is 1. The number of amides is 1. The number of anilines is 1. The molecule has 3 aromatic rings. The van der Waals surface area contributed by atoms with Crippen LogP contribution in [-0.4, -0.2) is 30.8 Å². The first-order valence-corrected chi connectivity index (χ1v) is 10.4. The number of carbonyl (C=O) groups excluding carboxylic acids is 1. The fourth-order valence-corrected chi connectivity index (χ4v) is 3.32. The Morgan fingerprint density at radius 2 is 1.75 bits per heavy atom. The number of nitrogens with one attached hydrogen (secondary N) is 1. The molecule has 0 aliphatic carbocycles. The minimum absolute atomic E-state index is 0.139. The van der Waals surface area contributed by atoms with Crippen molar-refractivity contribution in [2.45, 2.75) is 20.4 Å². The van der Waals surface area contributed by atoms with E-state index in [1.165, 1.54) is 6.07 Å². The highest BCUT2D eigenvalue weighted by molar-refractivity contribution is 6.30. The molecule has 0 bridgehead atoms. The van der Waals surface area contributed by atoms with Crippen molar-refractivity contribution in [3.63, 3.8) is 0 Å². The van der Waals surface area contributed by atoms with Crippen LogP contribution in [0.4, 0.5) is 5.69 Å². The zero-order valence-corrected chi connectivity index (χ0v) is 18.9. The van der Waals surface area contributed by atoms with Gasteiger partial charge in [-0.15, -0.1) is 0 Å². The minimum atomic E-state index is -0.368. The molecule has 0 atom stereocenters. The molecule has 0 spiro atoms. The number of carbonyl (C=O) groups is 1. The summed E-state index contributed by atoms with van der Waals surface area (Å²) in [5.74, 6) is 1.24. The molecule has 0 unspecified atom stereocenters. The molecule has 7 nitrogen and oxygen atoms in total. The Hall–Kier alpha value is -3.45. The van der Waals surface area contributed by atoms with Gasteiger partial charge in [-0.05, 0) is 61.9 Å². The molecule has 0 saturated heterocycles. The maximum atomic E-state index is 12.3. The monoisotopic (exact) mass is 456 g/mol. The van der Waals surface area contributed by atoms with Gasteiger partial charge in [0.2, 0.25) is 5.43 Å². The maximum Gasteiger partial charge on any atom is 0.262 e. The predicted octanol–water partition coefficient (Wildman–Crippen LogP) is 4.22. The largest absolute Gasteiger partial charge is 0.497 e. The van der Waals surface area contributed by atoms with Crippen molar-refractivity contribution in [1.29, 1.82) is 0 Å². The van der Waals surface area contributed by atoms with Crippen LogP contribution >= 0.6 is 11.6 Å². The summed E-state index contributed by atoms with van der Waals surface area (Å²) in [5, 5.41) is 3.35. The minimum Gasteiger partial charge on any atom is -0.497 e. The third kappa shape index (κ3) is 6.04. The number of hydrogen-bond acceptors (Lipinski definition) is 5. The SMILES string of the molecule is COc1ccc(OCCn2ccc(=O)c(OCC(=O)Nc3ccc(Cl)cc3C)c2C)cc1. The molecule has 1 aromatic heterocycles. The van der Waals surface area contributed by atoms with E-state index >= 15 is 0 Å². The highest BCUT2D eigenvalue weighted by atomic mass is 35.5. The molecule has 0 aliphatic rings. The summed E-state index contributed by atoms with van der Waals surface area (Å²) >= 11 is 5.94. The van der Waals surface area contributed by atoms with E-state index in [9.17, 15) is 9.59 Å². The van der Waals surface area contributed by atoms with E-state index in [0.29, 0.717) is 29.6 Å². The van der Waals surface area contributed by atoms with Gasteiger partial charge < -0.3 is 24.1 Å². The van der Waals surface area contributed by atoms with Gasteiger partial charge in [0.05, 0.1) is 19.3 Å². The lowest BCUT2D eigenvalue weighted by atomic mass is 10.2. The normalized spacial score (nSPS) is 10.5. The third-order valence-electron chi connectivity index (χ3n) is 4.86.